The molecule has 1 aliphatic rings. The second kappa shape index (κ2) is 7.64. The SMILES string of the molecule is NCc1cc2cc(-c3ccc(C(=O)N4CCC(F)(F)CC4)cc3)cc(C(F)(F)F)c2o1. The fourth-order valence-electron chi connectivity index (χ4n) is 3.71. The summed E-state index contributed by atoms with van der Waals surface area (Å²) in [7, 11) is 0. The van der Waals surface area contributed by atoms with E-state index in [1.807, 2.05) is 0 Å². The first kappa shape index (κ1) is 21.3. The summed E-state index contributed by atoms with van der Waals surface area (Å²) in [5, 5.41) is 0.277. The number of halogens is 5. The monoisotopic (exact) mass is 438 g/mol. The number of rotatable bonds is 3. The smallest absolute Gasteiger partial charge is 0.420 e. The Kier molecular flexibility index (Phi) is 5.25. The number of nitrogens with zero attached hydrogens (tertiary/aromatic N) is 1. The second-order valence-corrected chi connectivity index (χ2v) is 7.58. The van der Waals surface area contributed by atoms with Gasteiger partial charge in [0.15, 0.2) is 0 Å². The van der Waals surface area contributed by atoms with Crippen LogP contribution in [0.2, 0.25) is 0 Å². The van der Waals surface area contributed by atoms with Crippen LogP contribution < -0.4 is 5.73 Å². The Morgan fingerprint density at radius 1 is 1.03 bits per heavy atom. The average Bonchev–Trinajstić information content (AvgIpc) is 3.15. The summed E-state index contributed by atoms with van der Waals surface area (Å²) in [6, 6.07) is 10.1. The Balaban J connectivity index is 1.64. The normalized spacial score (nSPS) is 16.6. The number of benzene rings is 2. The van der Waals surface area contributed by atoms with Crippen LogP contribution in [-0.4, -0.2) is 29.8 Å². The number of piperidine rings is 1. The summed E-state index contributed by atoms with van der Waals surface area (Å²) in [4.78, 5) is 13.9. The van der Waals surface area contributed by atoms with Crippen molar-refractivity contribution < 1.29 is 31.2 Å². The van der Waals surface area contributed by atoms with Gasteiger partial charge in [0.1, 0.15) is 11.3 Å². The first-order valence-electron chi connectivity index (χ1n) is 9.69. The zero-order valence-corrected chi connectivity index (χ0v) is 16.3. The van der Waals surface area contributed by atoms with E-state index < -0.39 is 17.7 Å². The van der Waals surface area contributed by atoms with E-state index in [9.17, 15) is 26.7 Å². The van der Waals surface area contributed by atoms with Crippen LogP contribution in [0.3, 0.4) is 0 Å². The number of likely N-dealkylation sites (tertiary alicyclic amines) is 1. The van der Waals surface area contributed by atoms with Crippen LogP contribution >= 0.6 is 0 Å². The van der Waals surface area contributed by atoms with Crippen molar-refractivity contribution in [1.82, 2.24) is 4.90 Å². The summed E-state index contributed by atoms with van der Waals surface area (Å²) in [6.45, 7) is -0.104. The van der Waals surface area contributed by atoms with E-state index in [1.54, 1.807) is 6.07 Å². The minimum Gasteiger partial charge on any atom is -0.459 e. The molecule has 9 heteroatoms. The molecule has 2 aromatic carbocycles. The fourth-order valence-corrected chi connectivity index (χ4v) is 3.71. The Hall–Kier alpha value is -2.94. The van der Waals surface area contributed by atoms with Gasteiger partial charge in [-0.15, -0.1) is 0 Å². The van der Waals surface area contributed by atoms with Crippen molar-refractivity contribution in [2.24, 2.45) is 5.73 Å². The van der Waals surface area contributed by atoms with Gasteiger partial charge in [-0.2, -0.15) is 13.2 Å². The molecule has 1 aromatic heterocycles. The van der Waals surface area contributed by atoms with Gasteiger partial charge in [-0.3, -0.25) is 4.79 Å². The molecule has 3 aromatic rings. The third-order valence-corrected chi connectivity index (χ3v) is 5.42. The lowest BCUT2D eigenvalue weighted by Crippen LogP contribution is -2.42. The predicted octanol–water partition coefficient (Wildman–Crippen LogP) is 5.45. The molecule has 1 fully saturated rings. The zero-order chi connectivity index (χ0) is 22.4. The number of alkyl halides is 5. The molecule has 4 rings (SSSR count). The Labute approximate surface area is 174 Å². The number of carbonyl (C=O) groups is 1. The molecule has 0 bridgehead atoms. The van der Waals surface area contributed by atoms with Crippen molar-refractivity contribution in [2.45, 2.75) is 31.5 Å². The van der Waals surface area contributed by atoms with Gasteiger partial charge in [-0.05, 0) is 41.5 Å². The lowest BCUT2D eigenvalue weighted by molar-refractivity contribution is -0.136. The number of hydrogen-bond acceptors (Lipinski definition) is 3. The van der Waals surface area contributed by atoms with E-state index in [1.165, 1.54) is 35.2 Å². The summed E-state index contributed by atoms with van der Waals surface area (Å²) < 4.78 is 72.5. The molecular weight excluding hydrogens is 419 g/mol. The molecule has 0 spiro atoms. The molecule has 4 nitrogen and oxygen atoms in total. The predicted molar refractivity (Wildman–Crippen MR) is 105 cm³/mol. The van der Waals surface area contributed by atoms with E-state index >= 15 is 0 Å². The van der Waals surface area contributed by atoms with Crippen molar-refractivity contribution >= 4 is 16.9 Å². The molecule has 164 valence electrons. The first-order valence-corrected chi connectivity index (χ1v) is 9.69. The van der Waals surface area contributed by atoms with Gasteiger partial charge in [-0.1, -0.05) is 12.1 Å². The topological polar surface area (TPSA) is 59.5 Å². The Bertz CT molecular complexity index is 1110. The first-order chi connectivity index (χ1) is 14.6. The van der Waals surface area contributed by atoms with Crippen LogP contribution in [0, 0.1) is 0 Å². The highest BCUT2D eigenvalue weighted by atomic mass is 19.4. The van der Waals surface area contributed by atoms with E-state index in [4.69, 9.17) is 10.2 Å². The maximum absolute atomic E-state index is 13.6. The van der Waals surface area contributed by atoms with Crippen LogP contribution in [0.25, 0.3) is 22.1 Å². The number of carbonyl (C=O) groups excluding carboxylic acids is 1. The minimum atomic E-state index is -4.62. The molecule has 1 amide bonds. The quantitative estimate of drug-likeness (QED) is 0.554. The molecule has 2 N–H and O–H groups in total. The van der Waals surface area contributed by atoms with Gasteiger partial charge in [0, 0.05) is 36.9 Å². The van der Waals surface area contributed by atoms with Gasteiger partial charge in [0.25, 0.3) is 11.8 Å². The van der Waals surface area contributed by atoms with Crippen LogP contribution in [0.15, 0.2) is 46.9 Å². The Morgan fingerprint density at radius 3 is 2.26 bits per heavy atom. The third-order valence-electron chi connectivity index (χ3n) is 5.42. The van der Waals surface area contributed by atoms with Gasteiger partial charge in [0.2, 0.25) is 0 Å². The van der Waals surface area contributed by atoms with Crippen molar-refractivity contribution in [3.8, 4) is 11.1 Å². The minimum absolute atomic E-state index is 0.0272. The van der Waals surface area contributed by atoms with Crippen molar-refractivity contribution in [1.29, 1.82) is 0 Å². The number of fused-ring (bicyclic) bond motifs is 1. The molecule has 0 aliphatic carbocycles. The molecular formula is C22H19F5N2O2. The largest absolute Gasteiger partial charge is 0.459 e. The van der Waals surface area contributed by atoms with Crippen molar-refractivity contribution in [2.75, 3.05) is 13.1 Å². The molecule has 0 unspecified atom stereocenters. The van der Waals surface area contributed by atoms with Gasteiger partial charge in [0.05, 0.1) is 12.1 Å². The van der Waals surface area contributed by atoms with Crippen molar-refractivity contribution in [3.05, 3.63) is 59.4 Å². The third kappa shape index (κ3) is 4.27. The van der Waals surface area contributed by atoms with Gasteiger partial charge in [-0.25, -0.2) is 8.78 Å². The van der Waals surface area contributed by atoms with E-state index in [-0.39, 0.29) is 55.1 Å². The summed E-state index contributed by atoms with van der Waals surface area (Å²) in [5.41, 5.74) is 5.38. The van der Waals surface area contributed by atoms with Crippen LogP contribution in [0.5, 0.6) is 0 Å². The summed E-state index contributed by atoms with van der Waals surface area (Å²) in [5.74, 6) is -2.90. The van der Waals surface area contributed by atoms with Gasteiger partial charge >= 0.3 is 6.18 Å². The lowest BCUT2D eigenvalue weighted by Gasteiger charge is -2.31. The molecule has 0 atom stereocenters. The highest BCUT2D eigenvalue weighted by Crippen LogP contribution is 2.39. The number of amides is 1. The maximum atomic E-state index is 13.6. The molecule has 1 saturated heterocycles. The Morgan fingerprint density at radius 2 is 1.68 bits per heavy atom. The van der Waals surface area contributed by atoms with Crippen LogP contribution in [0.4, 0.5) is 22.0 Å². The fraction of sp³-hybridized carbons (Fsp3) is 0.318. The molecule has 0 saturated carbocycles. The molecule has 2 heterocycles. The number of furan rings is 1. The molecule has 0 radical (unpaired) electrons. The maximum Gasteiger partial charge on any atom is 0.420 e. The van der Waals surface area contributed by atoms with Crippen LogP contribution in [-0.2, 0) is 12.7 Å². The van der Waals surface area contributed by atoms with E-state index in [0.29, 0.717) is 16.7 Å². The molecule has 1 aliphatic heterocycles. The van der Waals surface area contributed by atoms with Crippen LogP contribution in [0.1, 0.15) is 34.5 Å². The second-order valence-electron chi connectivity index (χ2n) is 7.58. The average molecular weight is 438 g/mol. The van der Waals surface area contributed by atoms with E-state index in [2.05, 4.69) is 0 Å². The zero-order valence-electron chi connectivity index (χ0n) is 16.3. The van der Waals surface area contributed by atoms with E-state index in [0.717, 1.165) is 6.07 Å². The van der Waals surface area contributed by atoms with Gasteiger partial charge < -0.3 is 15.1 Å². The highest BCUT2D eigenvalue weighted by Gasteiger charge is 2.36. The standard InChI is InChI=1S/C22H19F5N2O2/c23-21(24)5-7-29(8-6-21)20(30)14-3-1-13(2-4-14)15-9-16-10-17(12-28)31-19(16)18(11-15)22(25,26)27/h1-4,9-11H,5-8,12,28H2. The summed E-state index contributed by atoms with van der Waals surface area (Å²) >= 11 is 0. The highest BCUT2D eigenvalue weighted by molar-refractivity contribution is 5.95. The number of hydrogen-bond donors (Lipinski definition) is 1. The molecule has 31 heavy (non-hydrogen) atoms. The number of nitrogens with two attached hydrogens (primary N) is 1. The lowest BCUT2D eigenvalue weighted by atomic mass is 9.98. The van der Waals surface area contributed by atoms with Crippen molar-refractivity contribution in [3.63, 3.8) is 0 Å². The summed E-state index contributed by atoms with van der Waals surface area (Å²) in [6.07, 6.45) is -5.39.